The molecule has 5 aromatic rings. The van der Waals surface area contributed by atoms with Crippen molar-refractivity contribution in [2.75, 3.05) is 11.4 Å². The Morgan fingerprint density at radius 2 is 1.55 bits per heavy atom. The molecule has 0 bridgehead atoms. The van der Waals surface area contributed by atoms with Gasteiger partial charge in [0.15, 0.2) is 11.6 Å². The number of rotatable bonds is 4. The SMILES string of the molecule is CN(c1nc2ccccc2n2c(-c3ccc(Cl)cc3)nnc12)S(=O)(=O)c1ccccc1. The lowest BCUT2D eigenvalue weighted by Gasteiger charge is -2.19. The topological polar surface area (TPSA) is 80.5 Å². The van der Waals surface area contributed by atoms with E-state index in [1.54, 1.807) is 42.5 Å². The number of aromatic nitrogens is 4. The summed E-state index contributed by atoms with van der Waals surface area (Å²) in [5, 5.41) is 9.27. The Morgan fingerprint density at radius 1 is 0.871 bits per heavy atom. The molecule has 2 heterocycles. The predicted molar refractivity (Wildman–Crippen MR) is 121 cm³/mol. The van der Waals surface area contributed by atoms with Gasteiger partial charge in [0.1, 0.15) is 0 Å². The van der Waals surface area contributed by atoms with Crippen molar-refractivity contribution in [1.29, 1.82) is 0 Å². The number of hydrogen-bond acceptors (Lipinski definition) is 5. The smallest absolute Gasteiger partial charge is 0.265 e. The zero-order chi connectivity index (χ0) is 21.6. The number of fused-ring (bicyclic) bond motifs is 3. The summed E-state index contributed by atoms with van der Waals surface area (Å²) in [5.41, 5.74) is 2.52. The van der Waals surface area contributed by atoms with Crippen LogP contribution in [0, 0.1) is 0 Å². The minimum atomic E-state index is -3.84. The van der Waals surface area contributed by atoms with Gasteiger partial charge >= 0.3 is 0 Å². The first-order valence-corrected chi connectivity index (χ1v) is 11.2. The number of halogens is 1. The van der Waals surface area contributed by atoms with Gasteiger partial charge in [0.05, 0.1) is 15.9 Å². The molecule has 0 aliphatic heterocycles. The van der Waals surface area contributed by atoms with Crippen LogP contribution in [0.1, 0.15) is 0 Å². The van der Waals surface area contributed by atoms with E-state index >= 15 is 0 Å². The summed E-state index contributed by atoms with van der Waals surface area (Å²) in [6.45, 7) is 0. The van der Waals surface area contributed by atoms with E-state index in [1.165, 1.54) is 7.05 Å². The van der Waals surface area contributed by atoms with Crippen LogP contribution in [-0.2, 0) is 10.0 Å². The molecular formula is C22H16ClN5O2S. The highest BCUT2D eigenvalue weighted by Gasteiger charge is 2.27. The van der Waals surface area contributed by atoms with E-state index in [9.17, 15) is 8.42 Å². The van der Waals surface area contributed by atoms with Gasteiger partial charge in [0.25, 0.3) is 10.0 Å². The first kappa shape index (κ1) is 19.5. The number of sulfonamides is 1. The fourth-order valence-electron chi connectivity index (χ4n) is 3.43. The van der Waals surface area contributed by atoms with Crippen LogP contribution in [0.4, 0.5) is 5.82 Å². The standard InChI is InChI=1S/C22H16ClN5O2S/c1-27(31(29,30)17-7-3-2-4-8-17)21-22-26-25-20(15-11-13-16(23)14-12-15)28(22)19-10-6-5-9-18(19)24-21/h2-14H,1H3. The zero-order valence-electron chi connectivity index (χ0n) is 16.3. The van der Waals surface area contributed by atoms with E-state index in [4.69, 9.17) is 11.6 Å². The third kappa shape index (κ3) is 3.20. The lowest BCUT2D eigenvalue weighted by Crippen LogP contribution is -2.28. The van der Waals surface area contributed by atoms with Gasteiger partial charge in [-0.2, -0.15) is 0 Å². The van der Waals surface area contributed by atoms with Gasteiger partial charge in [-0.3, -0.25) is 4.40 Å². The molecule has 2 aromatic heterocycles. The zero-order valence-corrected chi connectivity index (χ0v) is 17.9. The van der Waals surface area contributed by atoms with Crippen LogP contribution < -0.4 is 4.31 Å². The van der Waals surface area contributed by atoms with Gasteiger partial charge in [-0.05, 0) is 48.5 Å². The van der Waals surface area contributed by atoms with Crippen molar-refractivity contribution in [3.05, 3.63) is 83.9 Å². The highest BCUT2D eigenvalue weighted by Crippen LogP contribution is 2.30. The summed E-state index contributed by atoms with van der Waals surface area (Å²) in [6, 6.07) is 22.9. The Hall–Kier alpha value is -3.49. The number of para-hydroxylation sites is 2. The largest absolute Gasteiger partial charge is 0.270 e. The maximum atomic E-state index is 13.2. The summed E-state index contributed by atoms with van der Waals surface area (Å²) < 4.78 is 29.4. The highest BCUT2D eigenvalue weighted by atomic mass is 35.5. The monoisotopic (exact) mass is 449 g/mol. The molecule has 0 aliphatic carbocycles. The minimum Gasteiger partial charge on any atom is -0.270 e. The molecule has 0 spiro atoms. The van der Waals surface area contributed by atoms with Crippen molar-refractivity contribution in [2.24, 2.45) is 0 Å². The molecule has 0 saturated heterocycles. The Kier molecular flexibility index (Phi) is 4.60. The lowest BCUT2D eigenvalue weighted by atomic mass is 10.2. The normalized spacial score (nSPS) is 11.8. The van der Waals surface area contributed by atoms with Gasteiger partial charge in [0, 0.05) is 17.6 Å². The van der Waals surface area contributed by atoms with Crippen LogP contribution in [0.5, 0.6) is 0 Å². The maximum Gasteiger partial charge on any atom is 0.265 e. The van der Waals surface area contributed by atoms with Crippen LogP contribution >= 0.6 is 11.6 Å². The van der Waals surface area contributed by atoms with E-state index in [1.807, 2.05) is 40.8 Å². The van der Waals surface area contributed by atoms with Crippen molar-refractivity contribution >= 4 is 44.1 Å². The molecule has 7 nitrogen and oxygen atoms in total. The lowest BCUT2D eigenvalue weighted by molar-refractivity contribution is 0.594. The molecule has 5 rings (SSSR count). The van der Waals surface area contributed by atoms with Crippen molar-refractivity contribution in [2.45, 2.75) is 4.90 Å². The summed E-state index contributed by atoms with van der Waals surface area (Å²) in [7, 11) is -2.37. The number of anilines is 1. The van der Waals surface area contributed by atoms with E-state index in [2.05, 4.69) is 15.2 Å². The number of nitrogens with zero attached hydrogens (tertiary/aromatic N) is 5. The van der Waals surface area contributed by atoms with Crippen LogP contribution in [0.15, 0.2) is 83.8 Å². The second-order valence-electron chi connectivity index (χ2n) is 6.90. The molecule has 0 unspecified atom stereocenters. The molecule has 154 valence electrons. The third-order valence-corrected chi connectivity index (χ3v) is 7.03. The van der Waals surface area contributed by atoms with Crippen molar-refractivity contribution in [3.8, 4) is 11.4 Å². The Bertz CT molecular complexity index is 1520. The summed E-state index contributed by atoms with van der Waals surface area (Å²) >= 11 is 6.04. The van der Waals surface area contributed by atoms with Crippen LogP contribution in [0.3, 0.4) is 0 Å². The van der Waals surface area contributed by atoms with E-state index in [0.29, 0.717) is 22.0 Å². The minimum absolute atomic E-state index is 0.169. The van der Waals surface area contributed by atoms with Crippen LogP contribution in [0.2, 0.25) is 5.02 Å². The molecule has 0 saturated carbocycles. The average molecular weight is 450 g/mol. The molecule has 0 aliphatic rings. The predicted octanol–water partition coefficient (Wildman–Crippen LogP) is 4.42. The Morgan fingerprint density at radius 3 is 2.29 bits per heavy atom. The fourth-order valence-corrected chi connectivity index (χ4v) is 4.72. The van der Waals surface area contributed by atoms with Gasteiger partial charge in [-0.25, -0.2) is 17.7 Å². The van der Waals surface area contributed by atoms with Crippen LogP contribution in [-0.4, -0.2) is 35.0 Å². The molecule has 9 heteroatoms. The highest BCUT2D eigenvalue weighted by molar-refractivity contribution is 7.92. The van der Waals surface area contributed by atoms with Gasteiger partial charge in [-0.1, -0.05) is 41.9 Å². The molecule has 0 atom stereocenters. The molecule has 0 fully saturated rings. The number of hydrogen-bond donors (Lipinski definition) is 0. The fraction of sp³-hybridized carbons (Fsp3) is 0.0455. The van der Waals surface area contributed by atoms with E-state index < -0.39 is 10.0 Å². The van der Waals surface area contributed by atoms with Crippen molar-refractivity contribution in [1.82, 2.24) is 19.6 Å². The van der Waals surface area contributed by atoms with Crippen molar-refractivity contribution < 1.29 is 8.42 Å². The van der Waals surface area contributed by atoms with Crippen molar-refractivity contribution in [3.63, 3.8) is 0 Å². The van der Waals surface area contributed by atoms with Gasteiger partial charge < -0.3 is 0 Å². The summed E-state index contributed by atoms with van der Waals surface area (Å²) in [4.78, 5) is 4.79. The Balaban J connectivity index is 1.79. The average Bonchev–Trinajstić information content (AvgIpc) is 3.24. The molecule has 0 radical (unpaired) electrons. The van der Waals surface area contributed by atoms with E-state index in [0.717, 1.165) is 15.4 Å². The molecular weight excluding hydrogens is 434 g/mol. The second-order valence-corrected chi connectivity index (χ2v) is 9.30. The van der Waals surface area contributed by atoms with Crippen LogP contribution in [0.25, 0.3) is 28.1 Å². The first-order chi connectivity index (χ1) is 15.0. The molecule has 0 amide bonds. The molecule has 0 N–H and O–H groups in total. The Labute approximate surface area is 183 Å². The summed E-state index contributed by atoms with van der Waals surface area (Å²) in [6.07, 6.45) is 0. The second kappa shape index (κ2) is 7.33. The van der Waals surface area contributed by atoms with E-state index in [-0.39, 0.29) is 10.7 Å². The number of benzene rings is 3. The summed E-state index contributed by atoms with van der Waals surface area (Å²) in [5.74, 6) is 0.757. The van der Waals surface area contributed by atoms with Gasteiger partial charge in [0.2, 0.25) is 5.65 Å². The quantitative estimate of drug-likeness (QED) is 0.405. The first-order valence-electron chi connectivity index (χ1n) is 9.40. The van der Waals surface area contributed by atoms with Gasteiger partial charge in [-0.15, -0.1) is 10.2 Å². The molecule has 31 heavy (non-hydrogen) atoms. The maximum absolute atomic E-state index is 13.2. The third-order valence-electron chi connectivity index (χ3n) is 5.01. The molecule has 3 aromatic carbocycles.